The van der Waals surface area contributed by atoms with E-state index in [9.17, 15) is 20.1 Å². The molecule has 0 saturated heterocycles. The molecular formula is C20H28O5. The van der Waals surface area contributed by atoms with E-state index in [1.54, 1.807) is 6.07 Å². The number of aromatic hydroxyl groups is 1. The molecule has 0 radical (unpaired) electrons. The Morgan fingerprint density at radius 2 is 2.08 bits per heavy atom. The molecule has 0 aliphatic heterocycles. The second-order valence-corrected chi connectivity index (χ2v) is 7.30. The van der Waals surface area contributed by atoms with Crippen molar-refractivity contribution < 1.29 is 25.2 Å². The summed E-state index contributed by atoms with van der Waals surface area (Å²) in [7, 11) is 0. The molecule has 0 heterocycles. The van der Waals surface area contributed by atoms with Gasteiger partial charge in [-0.25, -0.2) is 4.79 Å². The quantitative estimate of drug-likeness (QED) is 0.591. The third-order valence-corrected chi connectivity index (χ3v) is 5.28. The number of allylic oxidation sites excluding steroid dienone is 1. The average molecular weight is 348 g/mol. The molecule has 5 heteroatoms. The molecule has 1 aliphatic rings. The van der Waals surface area contributed by atoms with Crippen LogP contribution >= 0.6 is 0 Å². The van der Waals surface area contributed by atoms with Gasteiger partial charge < -0.3 is 20.4 Å². The van der Waals surface area contributed by atoms with Gasteiger partial charge in [-0.3, -0.25) is 0 Å². The van der Waals surface area contributed by atoms with E-state index in [1.165, 1.54) is 6.07 Å². The first-order chi connectivity index (χ1) is 11.8. The molecule has 0 amide bonds. The molecule has 2 rings (SSSR count). The summed E-state index contributed by atoms with van der Waals surface area (Å²) in [5.41, 5.74) is 2.47. The van der Waals surface area contributed by atoms with Crippen molar-refractivity contribution in [3.05, 3.63) is 40.5 Å². The number of fused-ring (bicyclic) bond motifs is 1. The molecule has 4 atom stereocenters. The summed E-state index contributed by atoms with van der Waals surface area (Å²) in [5, 5.41) is 39.4. The SMILES string of the molecule is C/C(=C\CC[C@H](C)[C@H]1c2cc(C(=O)O)cc(O)c2[C@H](C)C[C@H]1O)CO. The highest BCUT2D eigenvalue weighted by Crippen LogP contribution is 2.47. The summed E-state index contributed by atoms with van der Waals surface area (Å²) < 4.78 is 0. The van der Waals surface area contributed by atoms with Crippen LogP contribution in [-0.2, 0) is 0 Å². The maximum Gasteiger partial charge on any atom is 0.335 e. The highest BCUT2D eigenvalue weighted by molar-refractivity contribution is 5.88. The molecule has 0 spiro atoms. The predicted octanol–water partition coefficient (Wildman–Crippen LogP) is 3.40. The molecular weight excluding hydrogens is 320 g/mol. The molecule has 138 valence electrons. The number of carboxylic acid groups (broad SMARTS) is 1. The number of benzene rings is 1. The van der Waals surface area contributed by atoms with Crippen molar-refractivity contribution in [3.8, 4) is 5.75 Å². The van der Waals surface area contributed by atoms with Crippen LogP contribution in [0.1, 0.15) is 73.4 Å². The summed E-state index contributed by atoms with van der Waals surface area (Å²) in [6.45, 7) is 5.89. The summed E-state index contributed by atoms with van der Waals surface area (Å²) in [4.78, 5) is 11.4. The number of rotatable bonds is 6. The van der Waals surface area contributed by atoms with Gasteiger partial charge in [0, 0.05) is 11.5 Å². The smallest absolute Gasteiger partial charge is 0.335 e. The third kappa shape index (κ3) is 4.22. The summed E-state index contributed by atoms with van der Waals surface area (Å²) >= 11 is 0. The molecule has 5 nitrogen and oxygen atoms in total. The molecule has 0 unspecified atom stereocenters. The molecule has 0 saturated carbocycles. The number of hydrogen-bond donors (Lipinski definition) is 4. The second kappa shape index (κ2) is 8.02. The van der Waals surface area contributed by atoms with Crippen LogP contribution in [0.3, 0.4) is 0 Å². The number of carbonyl (C=O) groups is 1. The fraction of sp³-hybridized carbons (Fsp3) is 0.550. The Balaban J connectivity index is 2.36. The molecule has 1 aromatic carbocycles. The summed E-state index contributed by atoms with van der Waals surface area (Å²) in [5.74, 6) is -1.19. The Hall–Kier alpha value is -1.85. The van der Waals surface area contributed by atoms with E-state index in [4.69, 9.17) is 5.11 Å². The number of hydrogen-bond acceptors (Lipinski definition) is 4. The Kier molecular flexibility index (Phi) is 6.25. The van der Waals surface area contributed by atoms with Crippen molar-refractivity contribution in [1.29, 1.82) is 0 Å². The van der Waals surface area contributed by atoms with Crippen molar-refractivity contribution >= 4 is 5.97 Å². The lowest BCUT2D eigenvalue weighted by molar-refractivity contribution is 0.0692. The minimum absolute atomic E-state index is 0.00233. The predicted molar refractivity (Wildman–Crippen MR) is 96.1 cm³/mol. The fourth-order valence-electron chi connectivity index (χ4n) is 3.95. The van der Waals surface area contributed by atoms with E-state index < -0.39 is 12.1 Å². The van der Waals surface area contributed by atoms with Gasteiger partial charge in [-0.2, -0.15) is 0 Å². The van der Waals surface area contributed by atoms with E-state index >= 15 is 0 Å². The normalized spacial score (nSPS) is 24.7. The van der Waals surface area contributed by atoms with Crippen molar-refractivity contribution in [2.75, 3.05) is 6.61 Å². The Labute approximate surface area is 148 Å². The molecule has 1 aliphatic carbocycles. The van der Waals surface area contributed by atoms with E-state index in [1.807, 2.05) is 26.8 Å². The molecule has 1 aromatic rings. The van der Waals surface area contributed by atoms with E-state index in [0.29, 0.717) is 6.42 Å². The fourth-order valence-corrected chi connectivity index (χ4v) is 3.95. The van der Waals surface area contributed by atoms with Crippen LogP contribution in [0.5, 0.6) is 5.75 Å². The van der Waals surface area contributed by atoms with Crippen LogP contribution in [0.2, 0.25) is 0 Å². The summed E-state index contributed by atoms with van der Waals surface area (Å²) in [6.07, 6.45) is 3.56. The highest BCUT2D eigenvalue weighted by Gasteiger charge is 2.37. The minimum Gasteiger partial charge on any atom is -0.508 e. The third-order valence-electron chi connectivity index (χ3n) is 5.28. The van der Waals surface area contributed by atoms with Gasteiger partial charge in [0.1, 0.15) is 5.75 Å². The largest absolute Gasteiger partial charge is 0.508 e. The lowest BCUT2D eigenvalue weighted by Crippen LogP contribution is -2.31. The Morgan fingerprint density at radius 3 is 2.68 bits per heavy atom. The minimum atomic E-state index is -1.08. The standard InChI is InChI=1S/C20H28O5/c1-11(10-21)5-4-6-12(2)18-15-8-14(20(24)25)9-17(23)19(15)13(3)7-16(18)22/h5,8-9,12-13,16,18,21-23H,4,6-7,10H2,1-3H3,(H,24,25)/b11-5+/t12-,13+,16+,18-/m0/s1. The zero-order valence-corrected chi connectivity index (χ0v) is 15.1. The van der Waals surface area contributed by atoms with Crippen LogP contribution in [-0.4, -0.2) is 39.1 Å². The van der Waals surface area contributed by atoms with Gasteiger partial charge in [0.2, 0.25) is 0 Å². The van der Waals surface area contributed by atoms with Gasteiger partial charge in [0.05, 0.1) is 18.3 Å². The van der Waals surface area contributed by atoms with Gasteiger partial charge in [0.25, 0.3) is 0 Å². The first-order valence-corrected chi connectivity index (χ1v) is 8.80. The van der Waals surface area contributed by atoms with E-state index in [2.05, 4.69) is 0 Å². The van der Waals surface area contributed by atoms with Crippen LogP contribution < -0.4 is 0 Å². The topological polar surface area (TPSA) is 98.0 Å². The maximum absolute atomic E-state index is 11.4. The molecule has 0 fully saturated rings. The lowest BCUT2D eigenvalue weighted by atomic mass is 9.69. The van der Waals surface area contributed by atoms with Crippen molar-refractivity contribution in [3.63, 3.8) is 0 Å². The zero-order valence-electron chi connectivity index (χ0n) is 15.1. The van der Waals surface area contributed by atoms with Crippen molar-refractivity contribution in [2.45, 2.75) is 58.0 Å². The molecule has 4 N–H and O–H groups in total. The number of phenols is 1. The van der Waals surface area contributed by atoms with Crippen LogP contribution in [0.25, 0.3) is 0 Å². The number of aromatic carboxylic acids is 1. The average Bonchev–Trinajstić information content (AvgIpc) is 2.53. The van der Waals surface area contributed by atoms with Gasteiger partial charge in [0.15, 0.2) is 0 Å². The first-order valence-electron chi connectivity index (χ1n) is 8.80. The number of carboxylic acids is 1. The lowest BCUT2D eigenvalue weighted by Gasteiger charge is -2.38. The molecule has 0 aromatic heterocycles. The van der Waals surface area contributed by atoms with Crippen LogP contribution in [0.4, 0.5) is 0 Å². The van der Waals surface area contributed by atoms with Gasteiger partial charge >= 0.3 is 5.97 Å². The first kappa shape index (κ1) is 19.5. The van der Waals surface area contributed by atoms with Crippen molar-refractivity contribution in [2.24, 2.45) is 5.92 Å². The highest BCUT2D eigenvalue weighted by atomic mass is 16.4. The van der Waals surface area contributed by atoms with Gasteiger partial charge in [-0.05, 0) is 55.7 Å². The van der Waals surface area contributed by atoms with Crippen LogP contribution in [0, 0.1) is 5.92 Å². The second-order valence-electron chi connectivity index (χ2n) is 7.30. The molecule has 0 bridgehead atoms. The monoisotopic (exact) mass is 348 g/mol. The van der Waals surface area contributed by atoms with Crippen molar-refractivity contribution in [1.82, 2.24) is 0 Å². The summed E-state index contributed by atoms with van der Waals surface area (Å²) in [6, 6.07) is 2.90. The van der Waals surface area contributed by atoms with E-state index in [0.717, 1.165) is 29.5 Å². The number of phenolic OH excluding ortho intramolecular Hbond substituents is 1. The number of aliphatic hydroxyl groups is 2. The van der Waals surface area contributed by atoms with Gasteiger partial charge in [-0.1, -0.05) is 25.5 Å². The Bertz CT molecular complexity index is 664. The molecule has 25 heavy (non-hydrogen) atoms. The van der Waals surface area contributed by atoms with Gasteiger partial charge in [-0.15, -0.1) is 0 Å². The van der Waals surface area contributed by atoms with E-state index in [-0.39, 0.29) is 35.7 Å². The zero-order chi connectivity index (χ0) is 18.7. The number of aliphatic hydroxyl groups excluding tert-OH is 2. The maximum atomic E-state index is 11.4. The Morgan fingerprint density at radius 1 is 1.40 bits per heavy atom. The van der Waals surface area contributed by atoms with Crippen LogP contribution in [0.15, 0.2) is 23.8 Å².